The Labute approximate surface area is 121 Å². The minimum atomic E-state index is 0.212. The standard InChI is InChI=1S/C16H26N2O2/c1-4-18(5-2)16(19)14-8-10-17(11-9-14)12-15-7-6-13(3)20-15/h6-7,14H,4-5,8-12H2,1-3H3. The molecule has 1 amide bonds. The molecule has 20 heavy (non-hydrogen) atoms. The van der Waals surface area contributed by atoms with Gasteiger partial charge in [-0.3, -0.25) is 9.69 Å². The SMILES string of the molecule is CCN(CC)C(=O)C1CCN(Cc2ccc(C)o2)CC1. The normalized spacial score (nSPS) is 17.4. The molecule has 4 nitrogen and oxygen atoms in total. The van der Waals surface area contributed by atoms with Crippen LogP contribution in [0.25, 0.3) is 0 Å². The van der Waals surface area contributed by atoms with E-state index >= 15 is 0 Å². The van der Waals surface area contributed by atoms with Gasteiger partial charge in [0.1, 0.15) is 11.5 Å². The zero-order chi connectivity index (χ0) is 14.5. The number of piperidine rings is 1. The third-order valence-electron chi connectivity index (χ3n) is 4.19. The molecular formula is C16H26N2O2. The maximum Gasteiger partial charge on any atom is 0.225 e. The number of nitrogens with zero attached hydrogens (tertiary/aromatic N) is 2. The molecule has 2 rings (SSSR count). The zero-order valence-corrected chi connectivity index (χ0v) is 12.9. The summed E-state index contributed by atoms with van der Waals surface area (Å²) in [5.41, 5.74) is 0. The number of rotatable bonds is 5. The molecule has 4 heteroatoms. The van der Waals surface area contributed by atoms with Gasteiger partial charge in [-0.25, -0.2) is 0 Å². The third-order valence-corrected chi connectivity index (χ3v) is 4.19. The van der Waals surface area contributed by atoms with Crippen LogP contribution < -0.4 is 0 Å². The summed E-state index contributed by atoms with van der Waals surface area (Å²) < 4.78 is 5.62. The maximum atomic E-state index is 12.3. The third kappa shape index (κ3) is 3.63. The number of aryl methyl sites for hydroxylation is 1. The van der Waals surface area contributed by atoms with Crippen LogP contribution >= 0.6 is 0 Å². The van der Waals surface area contributed by atoms with Gasteiger partial charge in [0.2, 0.25) is 5.91 Å². The molecule has 1 aliphatic heterocycles. The van der Waals surface area contributed by atoms with Gasteiger partial charge in [-0.05, 0) is 58.8 Å². The number of carbonyl (C=O) groups is 1. The maximum absolute atomic E-state index is 12.3. The number of likely N-dealkylation sites (tertiary alicyclic amines) is 1. The Morgan fingerprint density at radius 2 is 1.95 bits per heavy atom. The topological polar surface area (TPSA) is 36.7 Å². The lowest BCUT2D eigenvalue weighted by atomic mass is 9.95. The van der Waals surface area contributed by atoms with Crippen LogP contribution in [-0.4, -0.2) is 41.9 Å². The van der Waals surface area contributed by atoms with E-state index in [0.717, 1.165) is 57.1 Å². The summed E-state index contributed by atoms with van der Waals surface area (Å²) in [4.78, 5) is 16.7. The van der Waals surface area contributed by atoms with Crippen LogP contribution in [0.15, 0.2) is 16.5 Å². The second-order valence-electron chi connectivity index (χ2n) is 5.57. The second kappa shape index (κ2) is 6.93. The van der Waals surface area contributed by atoms with Gasteiger partial charge in [-0.1, -0.05) is 0 Å². The van der Waals surface area contributed by atoms with Crippen LogP contribution in [0.4, 0.5) is 0 Å². The molecular weight excluding hydrogens is 252 g/mol. The first-order valence-electron chi connectivity index (χ1n) is 7.70. The van der Waals surface area contributed by atoms with Crippen molar-refractivity contribution in [2.24, 2.45) is 5.92 Å². The molecule has 0 atom stereocenters. The Morgan fingerprint density at radius 3 is 2.45 bits per heavy atom. The van der Waals surface area contributed by atoms with Crippen molar-refractivity contribution in [2.75, 3.05) is 26.2 Å². The van der Waals surface area contributed by atoms with Crippen LogP contribution in [-0.2, 0) is 11.3 Å². The summed E-state index contributed by atoms with van der Waals surface area (Å²) in [5.74, 6) is 2.54. The van der Waals surface area contributed by atoms with Crippen molar-refractivity contribution in [1.82, 2.24) is 9.80 Å². The average molecular weight is 278 g/mol. The molecule has 0 radical (unpaired) electrons. The molecule has 0 N–H and O–H groups in total. The molecule has 1 aliphatic rings. The van der Waals surface area contributed by atoms with E-state index in [2.05, 4.69) is 18.7 Å². The van der Waals surface area contributed by atoms with Crippen LogP contribution in [0.3, 0.4) is 0 Å². The molecule has 1 aromatic rings. The van der Waals surface area contributed by atoms with Gasteiger partial charge in [0.25, 0.3) is 0 Å². The summed E-state index contributed by atoms with van der Waals surface area (Å²) in [5, 5.41) is 0. The van der Waals surface area contributed by atoms with E-state index in [0.29, 0.717) is 5.91 Å². The summed E-state index contributed by atoms with van der Waals surface area (Å²) in [6.45, 7) is 10.5. The lowest BCUT2D eigenvalue weighted by Crippen LogP contribution is -2.42. The summed E-state index contributed by atoms with van der Waals surface area (Å²) in [6.07, 6.45) is 1.93. The van der Waals surface area contributed by atoms with Crippen LogP contribution in [0, 0.1) is 12.8 Å². The molecule has 0 unspecified atom stereocenters. The number of carbonyl (C=O) groups excluding carboxylic acids is 1. The highest BCUT2D eigenvalue weighted by Gasteiger charge is 2.27. The Morgan fingerprint density at radius 1 is 1.30 bits per heavy atom. The number of hydrogen-bond donors (Lipinski definition) is 0. The zero-order valence-electron chi connectivity index (χ0n) is 12.9. The quantitative estimate of drug-likeness (QED) is 0.831. The largest absolute Gasteiger partial charge is 0.465 e. The predicted molar refractivity (Wildman–Crippen MR) is 79.4 cm³/mol. The Bertz CT molecular complexity index is 429. The van der Waals surface area contributed by atoms with E-state index in [1.54, 1.807) is 0 Å². The van der Waals surface area contributed by atoms with Gasteiger partial charge < -0.3 is 9.32 Å². The molecule has 0 saturated carbocycles. The van der Waals surface area contributed by atoms with E-state index in [1.165, 1.54) is 0 Å². The first-order valence-corrected chi connectivity index (χ1v) is 7.70. The van der Waals surface area contributed by atoms with Crippen LogP contribution in [0.1, 0.15) is 38.2 Å². The predicted octanol–water partition coefficient (Wildman–Crippen LogP) is 2.67. The van der Waals surface area contributed by atoms with E-state index < -0.39 is 0 Å². The molecule has 0 bridgehead atoms. The number of furan rings is 1. The minimum absolute atomic E-state index is 0.212. The van der Waals surface area contributed by atoms with Crippen molar-refractivity contribution >= 4 is 5.91 Å². The molecule has 0 spiro atoms. The molecule has 2 heterocycles. The summed E-state index contributed by atoms with van der Waals surface area (Å²) in [7, 11) is 0. The van der Waals surface area contributed by atoms with E-state index in [4.69, 9.17) is 4.42 Å². The fourth-order valence-corrected chi connectivity index (χ4v) is 2.92. The molecule has 1 saturated heterocycles. The van der Waals surface area contributed by atoms with Crippen molar-refractivity contribution in [3.05, 3.63) is 23.7 Å². The average Bonchev–Trinajstić information content (AvgIpc) is 2.86. The second-order valence-corrected chi connectivity index (χ2v) is 5.57. The summed E-state index contributed by atoms with van der Waals surface area (Å²) in [6, 6.07) is 4.05. The fourth-order valence-electron chi connectivity index (χ4n) is 2.92. The fraction of sp³-hybridized carbons (Fsp3) is 0.688. The first-order chi connectivity index (χ1) is 9.63. The van der Waals surface area contributed by atoms with Crippen molar-refractivity contribution in [3.8, 4) is 0 Å². The Hall–Kier alpha value is -1.29. The highest BCUT2D eigenvalue weighted by Crippen LogP contribution is 2.21. The van der Waals surface area contributed by atoms with Gasteiger partial charge in [-0.2, -0.15) is 0 Å². The van der Waals surface area contributed by atoms with Gasteiger partial charge in [0.05, 0.1) is 6.54 Å². The van der Waals surface area contributed by atoms with Crippen molar-refractivity contribution in [1.29, 1.82) is 0 Å². The highest BCUT2D eigenvalue weighted by atomic mass is 16.3. The highest BCUT2D eigenvalue weighted by molar-refractivity contribution is 5.78. The molecule has 0 aliphatic carbocycles. The van der Waals surface area contributed by atoms with Crippen molar-refractivity contribution in [2.45, 2.75) is 40.2 Å². The smallest absolute Gasteiger partial charge is 0.225 e. The van der Waals surface area contributed by atoms with E-state index in [-0.39, 0.29) is 5.92 Å². The van der Waals surface area contributed by atoms with Gasteiger partial charge in [0, 0.05) is 19.0 Å². The molecule has 112 valence electrons. The van der Waals surface area contributed by atoms with E-state index in [9.17, 15) is 4.79 Å². The van der Waals surface area contributed by atoms with Gasteiger partial charge >= 0.3 is 0 Å². The van der Waals surface area contributed by atoms with Crippen molar-refractivity contribution in [3.63, 3.8) is 0 Å². The molecule has 1 aromatic heterocycles. The van der Waals surface area contributed by atoms with E-state index in [1.807, 2.05) is 24.0 Å². The molecule has 0 aromatic carbocycles. The number of hydrogen-bond acceptors (Lipinski definition) is 3. The monoisotopic (exact) mass is 278 g/mol. The van der Waals surface area contributed by atoms with Crippen molar-refractivity contribution < 1.29 is 9.21 Å². The Balaban J connectivity index is 1.81. The van der Waals surface area contributed by atoms with Gasteiger partial charge in [0.15, 0.2) is 0 Å². The van der Waals surface area contributed by atoms with Gasteiger partial charge in [-0.15, -0.1) is 0 Å². The summed E-state index contributed by atoms with van der Waals surface area (Å²) >= 11 is 0. The Kier molecular flexibility index (Phi) is 5.24. The molecule has 1 fully saturated rings. The first kappa shape index (κ1) is 15.1. The number of amides is 1. The lowest BCUT2D eigenvalue weighted by molar-refractivity contribution is -0.136. The minimum Gasteiger partial charge on any atom is -0.465 e. The lowest BCUT2D eigenvalue weighted by Gasteiger charge is -2.33. The van der Waals surface area contributed by atoms with Crippen LogP contribution in [0.5, 0.6) is 0 Å². The van der Waals surface area contributed by atoms with Crippen LogP contribution in [0.2, 0.25) is 0 Å².